The maximum absolute atomic E-state index is 13.1. The highest BCUT2D eigenvalue weighted by molar-refractivity contribution is 6.35. The molecule has 6 N–H and O–H groups in total. The SMILES string of the molecule is COC(=O)[C@@H](CCNC(=O)C(=O)NC(CCO)C1CC1)NC(=O)c1ccc(Nc2nc(NC3(c4ccc(Cl)cc4)CC3)nc(OCC(F)(F)F)n2)cc1. The molecule has 2 saturated carbocycles. The molecule has 0 spiro atoms. The number of hydrogen-bond donors (Lipinski definition) is 6. The molecule has 2 aliphatic carbocycles. The van der Waals surface area contributed by atoms with Gasteiger partial charge in [-0.2, -0.15) is 28.1 Å². The van der Waals surface area contributed by atoms with Gasteiger partial charge in [-0.15, -0.1) is 0 Å². The van der Waals surface area contributed by atoms with E-state index in [2.05, 4.69) is 41.5 Å². The summed E-state index contributed by atoms with van der Waals surface area (Å²) in [5, 5.41) is 23.4. The normalized spacial score (nSPS) is 15.7. The van der Waals surface area contributed by atoms with E-state index < -0.39 is 54.1 Å². The molecule has 2 fully saturated rings. The molecule has 19 heteroatoms. The smallest absolute Gasteiger partial charge is 0.422 e. The van der Waals surface area contributed by atoms with Crippen molar-refractivity contribution in [2.45, 2.75) is 62.3 Å². The largest absolute Gasteiger partial charge is 0.467 e. The van der Waals surface area contributed by atoms with Crippen LogP contribution in [-0.2, 0) is 24.7 Å². The predicted octanol–water partition coefficient (Wildman–Crippen LogP) is 3.37. The summed E-state index contributed by atoms with van der Waals surface area (Å²) in [5.74, 6) is -3.15. The van der Waals surface area contributed by atoms with Crippen molar-refractivity contribution in [3.63, 3.8) is 0 Å². The van der Waals surface area contributed by atoms with Crippen molar-refractivity contribution in [1.82, 2.24) is 30.9 Å². The number of benzene rings is 2. The van der Waals surface area contributed by atoms with Gasteiger partial charge in [-0.25, -0.2) is 4.79 Å². The third-order valence-corrected chi connectivity index (χ3v) is 8.80. The van der Waals surface area contributed by atoms with Crippen molar-refractivity contribution < 1.29 is 46.9 Å². The third-order valence-electron chi connectivity index (χ3n) is 8.54. The van der Waals surface area contributed by atoms with Gasteiger partial charge in [0, 0.05) is 35.5 Å². The van der Waals surface area contributed by atoms with Crippen LogP contribution in [-0.4, -0.2) is 88.9 Å². The lowest BCUT2D eigenvalue weighted by molar-refractivity contribution is -0.154. The van der Waals surface area contributed by atoms with Crippen LogP contribution < -0.4 is 31.3 Å². The molecule has 15 nitrogen and oxygen atoms in total. The number of methoxy groups -OCH3 is 1. The van der Waals surface area contributed by atoms with Crippen LogP contribution in [0.2, 0.25) is 5.02 Å². The topological polar surface area (TPSA) is 206 Å². The van der Waals surface area contributed by atoms with Gasteiger partial charge < -0.3 is 41.2 Å². The van der Waals surface area contributed by atoms with Crippen molar-refractivity contribution >= 4 is 52.9 Å². The van der Waals surface area contributed by atoms with Gasteiger partial charge in [-0.1, -0.05) is 23.7 Å². The van der Waals surface area contributed by atoms with E-state index in [1.807, 2.05) is 12.1 Å². The zero-order valence-corrected chi connectivity index (χ0v) is 29.2. The molecule has 0 saturated heterocycles. The van der Waals surface area contributed by atoms with Crippen molar-refractivity contribution in [2.24, 2.45) is 5.92 Å². The number of halogens is 4. The molecule has 1 aromatic heterocycles. The number of carbonyl (C=O) groups excluding carboxylic acids is 4. The number of amides is 3. The van der Waals surface area contributed by atoms with Crippen LogP contribution in [0.3, 0.4) is 0 Å². The minimum Gasteiger partial charge on any atom is -0.467 e. The van der Waals surface area contributed by atoms with Crippen LogP contribution in [0.5, 0.6) is 6.01 Å². The summed E-state index contributed by atoms with van der Waals surface area (Å²) >= 11 is 6.02. The Kier molecular flexibility index (Phi) is 12.6. The summed E-state index contributed by atoms with van der Waals surface area (Å²) in [5.41, 5.74) is 0.824. The molecule has 0 aliphatic heterocycles. The lowest BCUT2D eigenvalue weighted by Gasteiger charge is -2.19. The van der Waals surface area contributed by atoms with Gasteiger partial charge in [0.15, 0.2) is 6.61 Å². The summed E-state index contributed by atoms with van der Waals surface area (Å²) in [6.45, 7) is -1.89. The Balaban J connectivity index is 1.20. The Labute approximate surface area is 306 Å². The van der Waals surface area contributed by atoms with Crippen molar-refractivity contribution in [3.05, 3.63) is 64.7 Å². The Hall–Kier alpha value is -5.23. The number of rotatable bonds is 17. The highest BCUT2D eigenvalue weighted by Gasteiger charge is 2.45. The van der Waals surface area contributed by atoms with Crippen molar-refractivity contribution in [2.75, 3.05) is 37.5 Å². The van der Waals surface area contributed by atoms with E-state index in [1.165, 1.54) is 24.3 Å². The molecule has 1 unspecified atom stereocenters. The van der Waals surface area contributed by atoms with Gasteiger partial charge >= 0.3 is 30.0 Å². The Morgan fingerprint density at radius 1 is 0.943 bits per heavy atom. The number of hydrogen-bond acceptors (Lipinski definition) is 12. The molecule has 0 bridgehead atoms. The molecule has 3 aromatic rings. The van der Waals surface area contributed by atoms with Gasteiger partial charge in [0.1, 0.15) is 6.04 Å². The maximum Gasteiger partial charge on any atom is 0.422 e. The number of carbonyl (C=O) groups is 4. The number of nitrogens with zero attached hydrogens (tertiary/aromatic N) is 3. The van der Waals surface area contributed by atoms with Gasteiger partial charge in [-0.05, 0) is 86.4 Å². The highest BCUT2D eigenvalue weighted by atomic mass is 35.5. The van der Waals surface area contributed by atoms with E-state index in [0.717, 1.165) is 25.5 Å². The van der Waals surface area contributed by atoms with Gasteiger partial charge in [0.2, 0.25) is 11.9 Å². The summed E-state index contributed by atoms with van der Waals surface area (Å²) < 4.78 is 48.4. The monoisotopic (exact) mass is 762 g/mol. The van der Waals surface area contributed by atoms with Crippen LogP contribution in [0.25, 0.3) is 0 Å². The molecule has 0 radical (unpaired) electrons. The molecule has 2 aromatic carbocycles. The number of nitrogens with one attached hydrogen (secondary N) is 5. The van der Waals surface area contributed by atoms with Crippen LogP contribution >= 0.6 is 11.6 Å². The first-order chi connectivity index (χ1) is 25.3. The number of alkyl halides is 3. The number of ether oxygens (including phenoxy) is 2. The Morgan fingerprint density at radius 3 is 2.23 bits per heavy atom. The Bertz CT molecular complexity index is 1780. The maximum atomic E-state index is 13.1. The molecular weight excluding hydrogens is 725 g/mol. The van der Waals surface area contributed by atoms with Crippen LogP contribution in [0.4, 0.5) is 30.8 Å². The lowest BCUT2D eigenvalue weighted by atomic mass is 10.1. The fraction of sp³-hybridized carbons (Fsp3) is 0.441. The summed E-state index contributed by atoms with van der Waals surface area (Å²) in [4.78, 5) is 62.4. The van der Waals surface area contributed by atoms with Crippen LogP contribution in [0.15, 0.2) is 48.5 Å². The van der Waals surface area contributed by atoms with E-state index >= 15 is 0 Å². The minimum absolute atomic E-state index is 0.0297. The molecule has 2 atom stereocenters. The van der Waals surface area contributed by atoms with E-state index in [1.54, 1.807) is 12.1 Å². The Morgan fingerprint density at radius 2 is 1.62 bits per heavy atom. The molecule has 1 heterocycles. The fourth-order valence-electron chi connectivity index (χ4n) is 5.45. The van der Waals surface area contributed by atoms with Crippen LogP contribution in [0.1, 0.15) is 54.4 Å². The first-order valence-electron chi connectivity index (χ1n) is 16.7. The van der Waals surface area contributed by atoms with E-state index in [4.69, 9.17) is 21.1 Å². The first-order valence-corrected chi connectivity index (χ1v) is 17.1. The summed E-state index contributed by atoms with van der Waals surface area (Å²) in [7, 11) is 1.14. The average Bonchev–Trinajstić information content (AvgIpc) is 4.07. The lowest BCUT2D eigenvalue weighted by Crippen LogP contribution is -2.48. The van der Waals surface area contributed by atoms with E-state index in [9.17, 15) is 37.5 Å². The van der Waals surface area contributed by atoms with Gasteiger partial charge in [0.05, 0.1) is 12.6 Å². The number of esters is 1. The second kappa shape index (κ2) is 17.1. The zero-order valence-electron chi connectivity index (χ0n) is 28.5. The van der Waals surface area contributed by atoms with Gasteiger partial charge in [0.25, 0.3) is 5.91 Å². The molecule has 5 rings (SSSR count). The highest BCUT2D eigenvalue weighted by Crippen LogP contribution is 2.48. The van der Waals surface area contributed by atoms with Gasteiger partial charge in [-0.3, -0.25) is 14.4 Å². The summed E-state index contributed by atoms with van der Waals surface area (Å²) in [6, 6.07) is 10.9. The number of anilines is 3. The quantitative estimate of drug-likeness (QED) is 0.0866. The second-order valence-corrected chi connectivity index (χ2v) is 13.0. The first kappa shape index (κ1) is 39.0. The number of aliphatic hydroxyl groups is 1. The minimum atomic E-state index is -4.64. The number of aliphatic hydroxyl groups excluding tert-OH is 1. The predicted molar refractivity (Wildman–Crippen MR) is 184 cm³/mol. The standard InChI is InChI=1S/C34H38ClF3N8O7/c1-52-29(51)25(12-16-39-27(49)28(50)41-24(13-17-47)19-2-3-19)42-26(48)20-4-10-23(11-5-20)40-30-43-31(45-32(44-30)53-18-34(36,37)38)46-33(14-15-33)21-6-8-22(35)9-7-21/h4-11,19,24-25,47H,2-3,12-18H2,1H3,(H,39,49)(H,41,50)(H,42,48)(H2,40,43,44,45,46)/t24?,25-/m1/s1. The third kappa shape index (κ3) is 11.4. The molecule has 284 valence electrons. The van der Waals surface area contributed by atoms with Crippen LogP contribution in [0, 0.1) is 5.92 Å². The molecule has 53 heavy (non-hydrogen) atoms. The molecule has 3 amide bonds. The zero-order chi connectivity index (χ0) is 38.2. The average molecular weight is 763 g/mol. The second-order valence-electron chi connectivity index (χ2n) is 12.6. The van der Waals surface area contributed by atoms with E-state index in [-0.39, 0.29) is 49.0 Å². The molecule has 2 aliphatic rings. The van der Waals surface area contributed by atoms with E-state index in [0.29, 0.717) is 30.0 Å². The fourth-order valence-corrected chi connectivity index (χ4v) is 5.57. The number of aromatic nitrogens is 3. The van der Waals surface area contributed by atoms with Crippen molar-refractivity contribution in [3.8, 4) is 6.01 Å². The molecular formula is C34H38ClF3N8O7. The summed E-state index contributed by atoms with van der Waals surface area (Å²) in [6.07, 6.45) is -1.16. The van der Waals surface area contributed by atoms with Crippen molar-refractivity contribution in [1.29, 1.82) is 0 Å².